The van der Waals surface area contributed by atoms with E-state index >= 15 is 0 Å². The maximum absolute atomic E-state index is 12.2. The first kappa shape index (κ1) is 20.0. The number of furan rings is 1. The lowest BCUT2D eigenvalue weighted by atomic mass is 10.2. The summed E-state index contributed by atoms with van der Waals surface area (Å²) in [6, 6.07) is 17.1. The third kappa shape index (κ3) is 4.32. The lowest BCUT2D eigenvalue weighted by Gasteiger charge is -2.02. The standard InChI is InChI=1S/C23H19N3O5/c1-30-23(29)21-10-9-18(31-21)14-26-13-16(19-7-2-3-8-20(19)26)12-24-25-22(28)15-5-4-6-17(27)11-15/h2-13,27H,14H2,1H3,(H,25,28)/b24-12+. The van der Waals surface area contributed by atoms with Crippen LogP contribution in [0.4, 0.5) is 0 Å². The van der Waals surface area contributed by atoms with Crippen molar-refractivity contribution in [1.82, 2.24) is 9.99 Å². The van der Waals surface area contributed by atoms with E-state index in [0.717, 1.165) is 16.5 Å². The Bertz CT molecular complexity index is 1290. The number of benzene rings is 2. The molecule has 0 aliphatic carbocycles. The van der Waals surface area contributed by atoms with Crippen LogP contribution in [0.15, 0.2) is 76.4 Å². The van der Waals surface area contributed by atoms with Gasteiger partial charge in [0.25, 0.3) is 5.91 Å². The summed E-state index contributed by atoms with van der Waals surface area (Å²) < 4.78 is 12.2. The number of carbonyl (C=O) groups is 2. The van der Waals surface area contributed by atoms with Crippen LogP contribution in [0.25, 0.3) is 10.9 Å². The molecule has 4 aromatic rings. The molecule has 0 unspecified atom stereocenters. The molecule has 0 aliphatic heterocycles. The molecule has 156 valence electrons. The zero-order valence-corrected chi connectivity index (χ0v) is 16.6. The predicted octanol–water partition coefficient (Wildman–Crippen LogP) is 3.54. The smallest absolute Gasteiger partial charge is 0.373 e. The molecule has 8 nitrogen and oxygen atoms in total. The summed E-state index contributed by atoms with van der Waals surface area (Å²) in [4.78, 5) is 23.8. The Kier molecular flexibility index (Phi) is 5.53. The van der Waals surface area contributed by atoms with Gasteiger partial charge in [0, 0.05) is 28.2 Å². The molecule has 31 heavy (non-hydrogen) atoms. The van der Waals surface area contributed by atoms with Gasteiger partial charge in [0.05, 0.1) is 19.9 Å². The molecule has 0 aliphatic rings. The van der Waals surface area contributed by atoms with Crippen LogP contribution in [-0.2, 0) is 11.3 Å². The van der Waals surface area contributed by atoms with Crippen molar-refractivity contribution in [2.75, 3.05) is 7.11 Å². The molecule has 0 saturated carbocycles. The van der Waals surface area contributed by atoms with E-state index in [-0.39, 0.29) is 11.5 Å². The van der Waals surface area contributed by atoms with E-state index in [1.165, 1.54) is 19.2 Å². The van der Waals surface area contributed by atoms with Crippen molar-refractivity contribution < 1.29 is 23.8 Å². The van der Waals surface area contributed by atoms with E-state index in [2.05, 4.69) is 15.3 Å². The number of rotatable bonds is 6. The topological polar surface area (TPSA) is 106 Å². The number of methoxy groups -OCH3 is 1. The highest BCUT2D eigenvalue weighted by Crippen LogP contribution is 2.22. The Morgan fingerprint density at radius 3 is 2.81 bits per heavy atom. The van der Waals surface area contributed by atoms with Gasteiger partial charge in [-0.1, -0.05) is 24.3 Å². The average molecular weight is 417 g/mol. The second-order valence-electron chi connectivity index (χ2n) is 6.74. The molecule has 0 spiro atoms. The number of hydrogen-bond acceptors (Lipinski definition) is 6. The number of amides is 1. The molecule has 4 rings (SSSR count). The van der Waals surface area contributed by atoms with Crippen molar-refractivity contribution in [3.05, 3.63) is 89.5 Å². The van der Waals surface area contributed by atoms with Crippen molar-refractivity contribution in [1.29, 1.82) is 0 Å². The molecule has 1 amide bonds. The molecule has 2 N–H and O–H groups in total. The minimum atomic E-state index is -0.529. The molecule has 2 heterocycles. The summed E-state index contributed by atoms with van der Waals surface area (Å²) in [6.45, 7) is 0.404. The Hall–Kier alpha value is -4.33. The molecule has 0 bridgehead atoms. The number of phenolic OH excluding ortho intramolecular Hbond substituents is 1. The van der Waals surface area contributed by atoms with Gasteiger partial charge in [0.2, 0.25) is 5.76 Å². The first-order chi connectivity index (χ1) is 15.0. The second-order valence-corrected chi connectivity index (χ2v) is 6.74. The van der Waals surface area contributed by atoms with Gasteiger partial charge < -0.3 is 18.8 Å². The van der Waals surface area contributed by atoms with Crippen LogP contribution in [0, 0.1) is 0 Å². The van der Waals surface area contributed by atoms with Gasteiger partial charge in [-0.2, -0.15) is 5.10 Å². The number of carbonyl (C=O) groups excluding carboxylic acids is 2. The van der Waals surface area contributed by atoms with Crippen LogP contribution in [0.2, 0.25) is 0 Å². The number of aromatic nitrogens is 1. The van der Waals surface area contributed by atoms with E-state index in [9.17, 15) is 14.7 Å². The first-order valence-electron chi connectivity index (χ1n) is 9.42. The van der Waals surface area contributed by atoms with Gasteiger partial charge in [-0.3, -0.25) is 4.79 Å². The van der Waals surface area contributed by atoms with Crippen molar-refractivity contribution in [2.24, 2.45) is 5.10 Å². The van der Waals surface area contributed by atoms with E-state index in [0.29, 0.717) is 17.9 Å². The summed E-state index contributed by atoms with van der Waals surface area (Å²) in [6.07, 6.45) is 3.44. The fourth-order valence-corrected chi connectivity index (χ4v) is 3.22. The van der Waals surface area contributed by atoms with Crippen LogP contribution in [0.1, 0.15) is 32.2 Å². The average Bonchev–Trinajstić information content (AvgIpc) is 3.39. The molecule has 0 saturated heterocycles. The van der Waals surface area contributed by atoms with Crippen molar-refractivity contribution >= 4 is 29.0 Å². The highest BCUT2D eigenvalue weighted by molar-refractivity contribution is 6.00. The number of hydrogen-bond donors (Lipinski definition) is 2. The fraction of sp³-hybridized carbons (Fsp3) is 0.0870. The summed E-state index contributed by atoms with van der Waals surface area (Å²) in [5, 5.41) is 14.5. The number of esters is 1. The number of hydrazone groups is 1. The van der Waals surface area contributed by atoms with Crippen molar-refractivity contribution in [2.45, 2.75) is 6.54 Å². The zero-order chi connectivity index (χ0) is 21.8. The van der Waals surface area contributed by atoms with Crippen LogP contribution in [-0.4, -0.2) is 34.9 Å². The molecular formula is C23H19N3O5. The number of para-hydroxylation sites is 1. The zero-order valence-electron chi connectivity index (χ0n) is 16.6. The van der Waals surface area contributed by atoms with E-state index < -0.39 is 11.9 Å². The molecule has 0 atom stereocenters. The highest BCUT2D eigenvalue weighted by Gasteiger charge is 2.13. The van der Waals surface area contributed by atoms with Crippen LogP contribution < -0.4 is 5.43 Å². The predicted molar refractivity (Wildman–Crippen MR) is 114 cm³/mol. The second kappa shape index (κ2) is 8.58. The normalized spacial score (nSPS) is 11.1. The Labute approximate surface area is 177 Å². The number of fused-ring (bicyclic) bond motifs is 1. The van der Waals surface area contributed by atoms with Crippen LogP contribution in [0.3, 0.4) is 0 Å². The Morgan fingerprint density at radius 1 is 1.16 bits per heavy atom. The maximum atomic E-state index is 12.2. The van der Waals surface area contributed by atoms with Crippen molar-refractivity contribution in [3.63, 3.8) is 0 Å². The lowest BCUT2D eigenvalue weighted by Crippen LogP contribution is -2.17. The molecule has 2 aromatic carbocycles. The fourth-order valence-electron chi connectivity index (χ4n) is 3.22. The highest BCUT2D eigenvalue weighted by atomic mass is 16.5. The first-order valence-corrected chi connectivity index (χ1v) is 9.42. The number of aromatic hydroxyl groups is 1. The number of ether oxygens (including phenoxy) is 1. The molecular weight excluding hydrogens is 398 g/mol. The van der Waals surface area contributed by atoms with Gasteiger partial charge in [-0.05, 0) is 36.4 Å². The van der Waals surface area contributed by atoms with E-state index in [4.69, 9.17) is 4.42 Å². The molecule has 8 heteroatoms. The number of phenols is 1. The van der Waals surface area contributed by atoms with Gasteiger partial charge in [0.1, 0.15) is 11.5 Å². The Balaban J connectivity index is 1.55. The van der Waals surface area contributed by atoms with E-state index in [1.807, 2.05) is 35.0 Å². The SMILES string of the molecule is COC(=O)c1ccc(Cn2cc(/C=N/NC(=O)c3cccc(O)c3)c3ccccc32)o1. The molecule has 0 radical (unpaired) electrons. The third-order valence-electron chi connectivity index (χ3n) is 4.67. The summed E-state index contributed by atoms with van der Waals surface area (Å²) in [5.41, 5.74) is 4.51. The van der Waals surface area contributed by atoms with Crippen LogP contribution >= 0.6 is 0 Å². The van der Waals surface area contributed by atoms with Crippen LogP contribution in [0.5, 0.6) is 5.75 Å². The third-order valence-corrected chi connectivity index (χ3v) is 4.67. The van der Waals surface area contributed by atoms with Gasteiger partial charge >= 0.3 is 5.97 Å². The minimum absolute atomic E-state index is 0.00739. The minimum Gasteiger partial charge on any atom is -0.508 e. The Morgan fingerprint density at radius 2 is 2.00 bits per heavy atom. The number of nitrogens with one attached hydrogen (secondary N) is 1. The summed E-state index contributed by atoms with van der Waals surface area (Å²) in [5.74, 6) is -0.207. The lowest BCUT2D eigenvalue weighted by molar-refractivity contribution is 0.0562. The molecule has 2 aromatic heterocycles. The summed E-state index contributed by atoms with van der Waals surface area (Å²) >= 11 is 0. The number of nitrogens with zero attached hydrogens (tertiary/aromatic N) is 2. The van der Waals surface area contributed by atoms with E-state index in [1.54, 1.807) is 30.5 Å². The largest absolute Gasteiger partial charge is 0.508 e. The van der Waals surface area contributed by atoms with Gasteiger partial charge in [0.15, 0.2) is 0 Å². The monoisotopic (exact) mass is 417 g/mol. The quantitative estimate of drug-likeness (QED) is 0.284. The summed E-state index contributed by atoms with van der Waals surface area (Å²) in [7, 11) is 1.30. The molecule has 0 fully saturated rings. The van der Waals surface area contributed by atoms with Gasteiger partial charge in [-0.15, -0.1) is 0 Å². The van der Waals surface area contributed by atoms with Gasteiger partial charge in [-0.25, -0.2) is 10.2 Å². The maximum Gasteiger partial charge on any atom is 0.373 e. The van der Waals surface area contributed by atoms with Crippen molar-refractivity contribution in [3.8, 4) is 5.75 Å².